The molecule has 0 unspecified atom stereocenters. The van der Waals surface area contributed by atoms with Crippen LogP contribution in [0.15, 0.2) is 52.1 Å². The molecule has 0 radical (unpaired) electrons. The third-order valence-electron chi connectivity index (χ3n) is 4.62. The van der Waals surface area contributed by atoms with E-state index in [4.69, 9.17) is 16.0 Å². The van der Waals surface area contributed by atoms with E-state index in [0.29, 0.717) is 24.5 Å². The number of halogens is 1. The van der Waals surface area contributed by atoms with E-state index in [-0.39, 0.29) is 5.91 Å². The number of hydrogen-bond donors (Lipinski definition) is 1. The van der Waals surface area contributed by atoms with Gasteiger partial charge in [-0.2, -0.15) is 0 Å². The van der Waals surface area contributed by atoms with E-state index >= 15 is 0 Å². The molecule has 0 aliphatic carbocycles. The smallest absolute Gasteiger partial charge is 0.227 e. The molecule has 0 bridgehead atoms. The zero-order valence-electron chi connectivity index (χ0n) is 15.5. The minimum Gasteiger partial charge on any atom is -0.469 e. The van der Waals surface area contributed by atoms with Crippen LogP contribution in [-0.2, 0) is 17.6 Å². The van der Waals surface area contributed by atoms with Crippen LogP contribution in [0.3, 0.4) is 0 Å². The number of nitrogens with one attached hydrogen (secondary N) is 1. The van der Waals surface area contributed by atoms with Gasteiger partial charge in [-0.3, -0.25) is 9.79 Å². The molecule has 1 aromatic heterocycles. The van der Waals surface area contributed by atoms with Crippen LogP contribution in [0.4, 0.5) is 0 Å². The maximum atomic E-state index is 12.5. The van der Waals surface area contributed by atoms with Gasteiger partial charge in [-0.25, -0.2) is 0 Å². The lowest BCUT2D eigenvalue weighted by atomic mass is 10.1. The highest BCUT2D eigenvalue weighted by Gasteiger charge is 2.23. The van der Waals surface area contributed by atoms with Crippen LogP contribution in [0.25, 0.3) is 0 Å². The van der Waals surface area contributed by atoms with Crippen LogP contribution in [-0.4, -0.2) is 61.4 Å². The fourth-order valence-electron chi connectivity index (χ4n) is 3.19. The first-order valence-corrected chi connectivity index (χ1v) is 9.53. The first-order valence-electron chi connectivity index (χ1n) is 9.16. The lowest BCUT2D eigenvalue weighted by Gasteiger charge is -2.36. The first kappa shape index (κ1) is 19.3. The summed E-state index contributed by atoms with van der Waals surface area (Å²) in [5, 5.41) is 4.03. The van der Waals surface area contributed by atoms with Crippen molar-refractivity contribution in [3.05, 3.63) is 59.0 Å². The van der Waals surface area contributed by atoms with Crippen LogP contribution >= 0.6 is 11.6 Å². The Morgan fingerprint density at radius 1 is 1.19 bits per heavy atom. The Labute approximate surface area is 164 Å². The van der Waals surface area contributed by atoms with E-state index in [1.54, 1.807) is 13.3 Å². The molecule has 0 atom stereocenters. The van der Waals surface area contributed by atoms with Gasteiger partial charge >= 0.3 is 0 Å². The number of guanidine groups is 1. The van der Waals surface area contributed by atoms with Crippen molar-refractivity contribution in [2.75, 3.05) is 39.8 Å². The molecule has 3 rings (SSSR count). The number of amides is 1. The second-order valence-electron chi connectivity index (χ2n) is 6.48. The third-order valence-corrected chi connectivity index (χ3v) is 4.86. The lowest BCUT2D eigenvalue weighted by Crippen LogP contribution is -2.54. The van der Waals surface area contributed by atoms with Crippen molar-refractivity contribution in [3.8, 4) is 0 Å². The molecule has 144 valence electrons. The topological polar surface area (TPSA) is 61.1 Å². The van der Waals surface area contributed by atoms with Crippen molar-refractivity contribution < 1.29 is 9.21 Å². The van der Waals surface area contributed by atoms with Gasteiger partial charge in [-0.05, 0) is 29.8 Å². The van der Waals surface area contributed by atoms with Crippen molar-refractivity contribution in [2.45, 2.75) is 12.8 Å². The zero-order valence-corrected chi connectivity index (χ0v) is 16.3. The van der Waals surface area contributed by atoms with E-state index in [9.17, 15) is 4.79 Å². The molecule has 2 aromatic rings. The normalized spacial score (nSPS) is 15.1. The van der Waals surface area contributed by atoms with Gasteiger partial charge in [0.05, 0.1) is 12.7 Å². The van der Waals surface area contributed by atoms with Crippen molar-refractivity contribution in [3.63, 3.8) is 0 Å². The van der Waals surface area contributed by atoms with Gasteiger partial charge in [-0.15, -0.1) is 0 Å². The Kier molecular flexibility index (Phi) is 6.76. The maximum Gasteiger partial charge on any atom is 0.227 e. The Morgan fingerprint density at radius 3 is 2.63 bits per heavy atom. The molecule has 1 amide bonds. The van der Waals surface area contributed by atoms with E-state index < -0.39 is 0 Å². The molecule has 1 saturated heterocycles. The molecule has 7 heteroatoms. The summed E-state index contributed by atoms with van der Waals surface area (Å²) in [5.74, 6) is 1.95. The molecule has 0 saturated carbocycles. The molecule has 0 spiro atoms. The fourth-order valence-corrected chi connectivity index (χ4v) is 3.40. The molecular formula is C20H25ClN4O2. The summed E-state index contributed by atoms with van der Waals surface area (Å²) < 4.78 is 5.35. The summed E-state index contributed by atoms with van der Waals surface area (Å²) in [4.78, 5) is 21.0. The molecular weight excluding hydrogens is 364 g/mol. The molecule has 1 aliphatic rings. The van der Waals surface area contributed by atoms with Crippen molar-refractivity contribution in [1.29, 1.82) is 0 Å². The monoisotopic (exact) mass is 388 g/mol. The van der Waals surface area contributed by atoms with Gasteiger partial charge < -0.3 is 19.5 Å². The molecule has 27 heavy (non-hydrogen) atoms. The average Bonchev–Trinajstić information content (AvgIpc) is 3.19. The SMILES string of the molecule is CN=C(NCCc1ccco1)N1CCN(C(=O)Cc2cccc(Cl)c2)CC1. The van der Waals surface area contributed by atoms with Crippen LogP contribution in [0.5, 0.6) is 0 Å². The Bertz CT molecular complexity index is 768. The fraction of sp³-hybridized carbons (Fsp3) is 0.400. The molecule has 1 fully saturated rings. The molecule has 2 heterocycles. The summed E-state index contributed by atoms with van der Waals surface area (Å²) in [7, 11) is 1.78. The number of benzene rings is 1. The average molecular weight is 389 g/mol. The van der Waals surface area contributed by atoms with E-state index in [2.05, 4.69) is 15.2 Å². The number of rotatable bonds is 5. The zero-order chi connectivity index (χ0) is 19.1. The standard InChI is InChI=1S/C20H25ClN4O2/c1-22-20(23-8-7-18-6-3-13-27-18)25-11-9-24(10-12-25)19(26)15-16-4-2-5-17(21)14-16/h2-6,13-14H,7-12,15H2,1H3,(H,22,23). The van der Waals surface area contributed by atoms with Crippen molar-refractivity contribution >= 4 is 23.5 Å². The van der Waals surface area contributed by atoms with Gasteiger partial charge in [0.1, 0.15) is 5.76 Å². The Hall–Kier alpha value is -2.47. The Balaban J connectivity index is 1.44. The minimum absolute atomic E-state index is 0.137. The van der Waals surface area contributed by atoms with E-state index in [0.717, 1.165) is 43.3 Å². The number of furan rings is 1. The molecule has 6 nitrogen and oxygen atoms in total. The van der Waals surface area contributed by atoms with E-state index in [1.807, 2.05) is 41.3 Å². The predicted octanol–water partition coefficient (Wildman–Crippen LogP) is 2.44. The predicted molar refractivity (Wildman–Crippen MR) is 107 cm³/mol. The van der Waals surface area contributed by atoms with Gasteiger partial charge in [0.2, 0.25) is 5.91 Å². The number of nitrogens with zero attached hydrogens (tertiary/aromatic N) is 3. The Morgan fingerprint density at radius 2 is 1.96 bits per heavy atom. The van der Waals surface area contributed by atoms with Gasteiger partial charge in [0, 0.05) is 51.2 Å². The number of aliphatic imine (C=N–C) groups is 1. The van der Waals surface area contributed by atoms with Crippen molar-refractivity contribution in [2.24, 2.45) is 4.99 Å². The summed E-state index contributed by atoms with van der Waals surface area (Å²) in [6.45, 7) is 3.67. The number of carbonyl (C=O) groups is 1. The van der Waals surface area contributed by atoms with Gasteiger partial charge in [-0.1, -0.05) is 23.7 Å². The first-order chi connectivity index (χ1) is 13.2. The highest BCUT2D eigenvalue weighted by Crippen LogP contribution is 2.13. The summed E-state index contributed by atoms with van der Waals surface area (Å²) in [5.41, 5.74) is 0.949. The van der Waals surface area contributed by atoms with Crippen LogP contribution in [0, 0.1) is 0 Å². The quantitative estimate of drug-likeness (QED) is 0.631. The number of piperazine rings is 1. The van der Waals surface area contributed by atoms with Gasteiger partial charge in [0.15, 0.2) is 5.96 Å². The van der Waals surface area contributed by atoms with Gasteiger partial charge in [0.25, 0.3) is 0 Å². The molecule has 1 aliphatic heterocycles. The van der Waals surface area contributed by atoms with E-state index in [1.165, 1.54) is 0 Å². The summed E-state index contributed by atoms with van der Waals surface area (Å²) in [6, 6.07) is 11.3. The number of hydrogen-bond acceptors (Lipinski definition) is 3. The number of carbonyl (C=O) groups excluding carboxylic acids is 1. The summed E-state index contributed by atoms with van der Waals surface area (Å²) in [6.07, 6.45) is 2.88. The summed E-state index contributed by atoms with van der Waals surface area (Å²) >= 11 is 6.00. The highest BCUT2D eigenvalue weighted by atomic mass is 35.5. The minimum atomic E-state index is 0.137. The maximum absolute atomic E-state index is 12.5. The highest BCUT2D eigenvalue weighted by molar-refractivity contribution is 6.30. The van der Waals surface area contributed by atoms with Crippen LogP contribution in [0.2, 0.25) is 5.02 Å². The lowest BCUT2D eigenvalue weighted by molar-refractivity contribution is -0.131. The second kappa shape index (κ2) is 9.46. The largest absolute Gasteiger partial charge is 0.469 e. The molecule has 1 aromatic carbocycles. The third kappa shape index (κ3) is 5.50. The second-order valence-corrected chi connectivity index (χ2v) is 6.91. The van der Waals surface area contributed by atoms with Crippen LogP contribution < -0.4 is 5.32 Å². The molecule has 1 N–H and O–H groups in total. The van der Waals surface area contributed by atoms with Crippen molar-refractivity contribution in [1.82, 2.24) is 15.1 Å². The van der Waals surface area contributed by atoms with Crippen LogP contribution in [0.1, 0.15) is 11.3 Å².